The highest BCUT2D eigenvalue weighted by Gasteiger charge is 2.41. The molecule has 0 aliphatic heterocycles. The van der Waals surface area contributed by atoms with Gasteiger partial charge in [0, 0.05) is 11.1 Å². The molecule has 1 N–H and O–H groups in total. The fraction of sp³-hybridized carbons (Fsp3) is 0. The van der Waals surface area contributed by atoms with Gasteiger partial charge in [0.25, 0.3) is 0 Å². The number of hydrogen-bond acceptors (Lipinski definition) is 1. The van der Waals surface area contributed by atoms with E-state index in [9.17, 15) is 4.89 Å². The fourth-order valence-corrected chi connectivity index (χ4v) is 4.61. The van der Waals surface area contributed by atoms with Crippen molar-refractivity contribution in [2.24, 2.45) is 0 Å². The van der Waals surface area contributed by atoms with E-state index in [4.69, 9.17) is 22.5 Å². The maximum Gasteiger partial charge on any atom is 0.369 e. The molecule has 0 aliphatic rings. The Balaban J connectivity index is 2.29. The first-order valence-electron chi connectivity index (χ1n) is 6.83. The van der Waals surface area contributed by atoms with Crippen molar-refractivity contribution < 1.29 is 4.89 Å². The quantitative estimate of drug-likeness (QED) is 0.586. The van der Waals surface area contributed by atoms with Crippen LogP contribution in [0.2, 0.25) is 0 Å². The van der Waals surface area contributed by atoms with Crippen molar-refractivity contribution in [3.63, 3.8) is 0 Å². The van der Waals surface area contributed by atoms with Crippen molar-refractivity contribution >= 4 is 34.0 Å². The normalized spacial score (nSPS) is 11.4. The summed E-state index contributed by atoms with van der Waals surface area (Å²) < 4.78 is 0. The maximum absolute atomic E-state index is 10.4. The minimum Gasteiger partial charge on any atom is -0.210 e. The molecule has 3 rings (SSSR count). The van der Waals surface area contributed by atoms with Crippen LogP contribution in [0, 0.1) is 0 Å². The molecule has 0 radical (unpaired) electrons. The van der Waals surface area contributed by atoms with E-state index in [0.29, 0.717) is 5.30 Å². The van der Waals surface area contributed by atoms with Crippen molar-refractivity contribution in [2.45, 2.75) is 0 Å². The Bertz CT molecular complexity index is 710. The molecule has 110 valence electrons. The second-order valence-corrected chi connectivity index (χ2v) is 9.79. The smallest absolute Gasteiger partial charge is 0.210 e. The first kappa shape index (κ1) is 15.5. The van der Waals surface area contributed by atoms with Crippen LogP contribution in [-0.2, 0) is 0 Å². The zero-order chi connectivity index (χ0) is 15.6. The molecule has 4 heteroatoms. The van der Waals surface area contributed by atoms with Gasteiger partial charge in [-0.05, 0) is 11.1 Å². The lowest BCUT2D eigenvalue weighted by molar-refractivity contribution is 0.644. The largest absolute Gasteiger partial charge is 0.369 e. The molecule has 0 saturated carbocycles. The molecule has 0 spiro atoms. The molecule has 0 amide bonds. The second-order valence-electron chi connectivity index (χ2n) is 4.92. The summed E-state index contributed by atoms with van der Waals surface area (Å²) >= 11 is 12.4. The van der Waals surface area contributed by atoms with E-state index in [1.54, 1.807) is 0 Å². The highest BCUT2D eigenvalue weighted by atomic mass is 35.9. The molecule has 0 bridgehead atoms. The van der Waals surface area contributed by atoms with Crippen LogP contribution in [0.15, 0.2) is 78.9 Å². The van der Waals surface area contributed by atoms with Gasteiger partial charge >= 0.3 is 6.19 Å². The van der Waals surface area contributed by atoms with Gasteiger partial charge in [-0.3, -0.25) is 0 Å². The lowest BCUT2D eigenvalue weighted by atomic mass is 9.99. The summed E-state index contributed by atoms with van der Waals surface area (Å²) in [6.45, 7) is 0. The lowest BCUT2D eigenvalue weighted by Crippen LogP contribution is -2.10. The summed E-state index contributed by atoms with van der Waals surface area (Å²) in [7, 11) is 0. The standard InChI is InChI=1S/C18H14Cl2OP/c19-22(20,21)18-16(14-8-3-1-4-9-14)12-7-13-17(18)15-10-5-2-6-11-15/h1-13,21H/q+1. The summed E-state index contributed by atoms with van der Waals surface area (Å²) in [5.41, 5.74) is 3.69. The number of hydrogen-bond donors (Lipinski definition) is 1. The molecule has 0 atom stereocenters. The van der Waals surface area contributed by atoms with Gasteiger partial charge in [-0.25, -0.2) is 4.89 Å². The predicted octanol–water partition coefficient (Wildman–Crippen LogP) is 5.88. The van der Waals surface area contributed by atoms with Crippen LogP contribution in [-0.4, -0.2) is 4.89 Å². The van der Waals surface area contributed by atoms with E-state index in [1.807, 2.05) is 78.9 Å². The topological polar surface area (TPSA) is 20.2 Å². The van der Waals surface area contributed by atoms with Crippen molar-refractivity contribution in [1.82, 2.24) is 0 Å². The number of benzene rings is 3. The molecule has 0 fully saturated rings. The maximum atomic E-state index is 10.4. The second kappa shape index (κ2) is 6.40. The van der Waals surface area contributed by atoms with E-state index in [2.05, 4.69) is 0 Å². The minimum absolute atomic E-state index is 0.607. The zero-order valence-electron chi connectivity index (χ0n) is 11.7. The molecule has 0 saturated heterocycles. The average molecular weight is 348 g/mol. The van der Waals surface area contributed by atoms with Crippen molar-refractivity contribution in [2.75, 3.05) is 0 Å². The third kappa shape index (κ3) is 3.19. The molecule has 22 heavy (non-hydrogen) atoms. The van der Waals surface area contributed by atoms with Crippen LogP contribution in [0.5, 0.6) is 0 Å². The van der Waals surface area contributed by atoms with Crippen LogP contribution in [0.3, 0.4) is 0 Å². The summed E-state index contributed by atoms with van der Waals surface area (Å²) in [5, 5.41) is 0.607. The van der Waals surface area contributed by atoms with E-state index in [0.717, 1.165) is 22.3 Å². The van der Waals surface area contributed by atoms with Gasteiger partial charge in [0.1, 0.15) is 22.5 Å². The Morgan fingerprint density at radius 2 is 1.00 bits per heavy atom. The summed E-state index contributed by atoms with van der Waals surface area (Å²) in [5.74, 6) is 0. The van der Waals surface area contributed by atoms with Gasteiger partial charge in [-0.2, -0.15) is 0 Å². The average Bonchev–Trinajstić information content (AvgIpc) is 2.55. The van der Waals surface area contributed by atoms with Gasteiger partial charge in [0.05, 0.1) is 0 Å². The van der Waals surface area contributed by atoms with E-state index in [-0.39, 0.29) is 0 Å². The van der Waals surface area contributed by atoms with E-state index < -0.39 is 6.19 Å². The fourth-order valence-electron chi connectivity index (χ4n) is 2.53. The molecular weight excluding hydrogens is 334 g/mol. The number of rotatable bonds is 3. The van der Waals surface area contributed by atoms with Crippen LogP contribution in [0.4, 0.5) is 0 Å². The zero-order valence-corrected chi connectivity index (χ0v) is 14.1. The molecule has 0 aromatic heterocycles. The Kier molecular flexibility index (Phi) is 4.52. The highest BCUT2D eigenvalue weighted by molar-refractivity contribution is 8.18. The molecule has 3 aromatic rings. The van der Waals surface area contributed by atoms with E-state index >= 15 is 0 Å². The van der Waals surface area contributed by atoms with Crippen molar-refractivity contribution in [3.05, 3.63) is 78.9 Å². The van der Waals surface area contributed by atoms with Crippen molar-refractivity contribution in [1.29, 1.82) is 0 Å². The lowest BCUT2D eigenvalue weighted by Gasteiger charge is -2.14. The van der Waals surface area contributed by atoms with E-state index in [1.165, 1.54) is 0 Å². The van der Waals surface area contributed by atoms with Crippen molar-refractivity contribution in [3.8, 4) is 22.3 Å². The SMILES string of the molecule is O[P+](Cl)(Cl)c1c(-c2ccccc2)cccc1-c1ccccc1. The molecule has 0 unspecified atom stereocenters. The van der Waals surface area contributed by atoms with Gasteiger partial charge in [-0.15, -0.1) is 0 Å². The Morgan fingerprint density at radius 3 is 1.36 bits per heavy atom. The Hall–Kier alpha value is -1.37. The molecule has 0 aliphatic carbocycles. The van der Waals surface area contributed by atoms with Gasteiger partial charge in [-0.1, -0.05) is 78.9 Å². The summed E-state index contributed by atoms with van der Waals surface area (Å²) in [4.78, 5) is 10.4. The summed E-state index contributed by atoms with van der Waals surface area (Å²) in [6, 6.07) is 25.5. The monoisotopic (exact) mass is 347 g/mol. The molecule has 0 heterocycles. The minimum atomic E-state index is -3.23. The third-order valence-electron chi connectivity index (χ3n) is 3.47. The molecular formula is C18H14Cl2OP+. The van der Waals surface area contributed by atoms with Crippen LogP contribution < -0.4 is 5.30 Å². The van der Waals surface area contributed by atoms with Gasteiger partial charge in [0.15, 0.2) is 5.30 Å². The van der Waals surface area contributed by atoms with Gasteiger partial charge in [0.2, 0.25) is 0 Å². The first-order valence-corrected chi connectivity index (χ1v) is 10.4. The molecule has 3 aromatic carbocycles. The Morgan fingerprint density at radius 1 is 0.591 bits per heavy atom. The van der Waals surface area contributed by atoms with Crippen LogP contribution in [0.1, 0.15) is 0 Å². The van der Waals surface area contributed by atoms with Crippen LogP contribution >= 0.6 is 28.7 Å². The predicted molar refractivity (Wildman–Crippen MR) is 97.8 cm³/mol. The number of halogens is 2. The molecule has 1 nitrogen and oxygen atoms in total. The summed E-state index contributed by atoms with van der Waals surface area (Å²) in [6.07, 6.45) is -3.23. The Labute approximate surface area is 140 Å². The highest BCUT2D eigenvalue weighted by Crippen LogP contribution is 2.66. The van der Waals surface area contributed by atoms with Crippen LogP contribution in [0.25, 0.3) is 22.3 Å². The third-order valence-corrected chi connectivity index (χ3v) is 5.51. The first-order chi connectivity index (χ1) is 10.6. The van der Waals surface area contributed by atoms with Gasteiger partial charge < -0.3 is 0 Å².